The van der Waals surface area contributed by atoms with Crippen molar-refractivity contribution < 1.29 is 27.9 Å². The number of alkyl halides is 3. The average molecular weight is 399 g/mol. The van der Waals surface area contributed by atoms with Crippen LogP contribution in [0.2, 0.25) is 0 Å². The molecule has 4 aromatic rings. The van der Waals surface area contributed by atoms with E-state index in [0.717, 1.165) is 10.8 Å². The van der Waals surface area contributed by atoms with Crippen molar-refractivity contribution in [3.05, 3.63) is 78.1 Å². The summed E-state index contributed by atoms with van der Waals surface area (Å²) in [5.41, 5.74) is 0.423. The molecule has 0 unspecified atom stereocenters. The molecule has 4 rings (SSSR count). The molecule has 0 fully saturated rings. The minimum Gasteiger partial charge on any atom is -0.338 e. The first-order valence-corrected chi connectivity index (χ1v) is 8.50. The molecule has 0 aliphatic heterocycles. The number of rotatable bonds is 3. The summed E-state index contributed by atoms with van der Waals surface area (Å²) in [6.07, 6.45) is -1.85. The number of anilines is 1. The second-order valence-electron chi connectivity index (χ2n) is 6.25. The molecule has 3 N–H and O–H groups in total. The summed E-state index contributed by atoms with van der Waals surface area (Å²) in [5, 5.41) is 11.9. The number of aromatic nitrogens is 3. The minimum absolute atomic E-state index is 0.0224. The molecule has 0 saturated carbocycles. The summed E-state index contributed by atoms with van der Waals surface area (Å²) in [6, 6.07) is 12.9. The maximum absolute atomic E-state index is 13.3. The normalized spacial score (nSPS) is 11.6. The van der Waals surface area contributed by atoms with Gasteiger partial charge in [0.15, 0.2) is 0 Å². The van der Waals surface area contributed by atoms with Crippen LogP contribution in [-0.2, 0) is 6.18 Å². The fraction of sp³-hybridized carbons (Fsp3) is 0.0500. The lowest BCUT2D eigenvalue weighted by molar-refractivity contribution is -0.904. The van der Waals surface area contributed by atoms with E-state index in [-0.39, 0.29) is 22.5 Å². The number of fused-ring (bicyclic) bond motifs is 1. The third-order valence-electron chi connectivity index (χ3n) is 4.32. The van der Waals surface area contributed by atoms with Crippen molar-refractivity contribution in [2.75, 3.05) is 5.32 Å². The lowest BCUT2D eigenvalue weighted by atomic mass is 10.1. The van der Waals surface area contributed by atoms with Crippen LogP contribution in [0.15, 0.2) is 67.0 Å². The van der Waals surface area contributed by atoms with Crippen LogP contribution in [0.1, 0.15) is 15.9 Å². The number of pyridine rings is 1. The standard InChI is InChI=1S/C20H13F3N4O2/c21-20(22,23)15-6-2-1-4-13(15)18-25-16-7-3-5-14(17(16)26-18)19(28)24-12-8-10-27(29)11-9-12/h1-11,29H,(H,25,26,28)/p+1. The van der Waals surface area contributed by atoms with E-state index < -0.39 is 17.6 Å². The molecule has 0 atom stereocenters. The Kier molecular flexibility index (Phi) is 4.42. The highest BCUT2D eigenvalue weighted by atomic mass is 19.4. The van der Waals surface area contributed by atoms with Gasteiger partial charge in [-0.25, -0.2) is 4.98 Å². The van der Waals surface area contributed by atoms with Crippen molar-refractivity contribution in [3.8, 4) is 11.4 Å². The second-order valence-corrected chi connectivity index (χ2v) is 6.25. The molecule has 0 bridgehead atoms. The summed E-state index contributed by atoms with van der Waals surface area (Å²) in [7, 11) is 0. The number of nitrogens with one attached hydrogen (secondary N) is 2. The monoisotopic (exact) mass is 399 g/mol. The number of carbonyl (C=O) groups is 1. The van der Waals surface area contributed by atoms with Crippen LogP contribution >= 0.6 is 0 Å². The van der Waals surface area contributed by atoms with Crippen LogP contribution in [0.25, 0.3) is 22.4 Å². The van der Waals surface area contributed by atoms with Crippen molar-refractivity contribution in [3.63, 3.8) is 0 Å². The van der Waals surface area contributed by atoms with Gasteiger partial charge < -0.3 is 10.3 Å². The van der Waals surface area contributed by atoms with Crippen LogP contribution in [0, 0.1) is 0 Å². The average Bonchev–Trinajstić information content (AvgIpc) is 3.13. The third kappa shape index (κ3) is 3.62. The lowest BCUT2D eigenvalue weighted by Gasteiger charge is -2.10. The van der Waals surface area contributed by atoms with E-state index in [1.165, 1.54) is 48.8 Å². The third-order valence-corrected chi connectivity index (χ3v) is 4.32. The molecule has 1 amide bonds. The fourth-order valence-corrected chi connectivity index (χ4v) is 2.98. The molecule has 0 radical (unpaired) electrons. The Morgan fingerprint density at radius 1 is 1.03 bits per heavy atom. The van der Waals surface area contributed by atoms with Gasteiger partial charge in [-0.15, -0.1) is 0 Å². The van der Waals surface area contributed by atoms with Gasteiger partial charge in [-0.3, -0.25) is 10.0 Å². The van der Waals surface area contributed by atoms with Gasteiger partial charge in [0.05, 0.1) is 22.3 Å². The van der Waals surface area contributed by atoms with Crippen molar-refractivity contribution in [2.45, 2.75) is 6.18 Å². The van der Waals surface area contributed by atoms with E-state index in [1.54, 1.807) is 12.1 Å². The first kappa shape index (κ1) is 18.5. The molecular formula is C20H14F3N4O2+. The smallest absolute Gasteiger partial charge is 0.338 e. The summed E-state index contributed by atoms with van der Waals surface area (Å²) < 4.78 is 40.9. The summed E-state index contributed by atoms with van der Waals surface area (Å²) in [5.74, 6) is -0.456. The number of nitrogens with zero attached hydrogens (tertiary/aromatic N) is 2. The minimum atomic E-state index is -4.54. The van der Waals surface area contributed by atoms with Crippen molar-refractivity contribution in [1.29, 1.82) is 0 Å². The Morgan fingerprint density at radius 3 is 2.48 bits per heavy atom. The number of carbonyl (C=O) groups excluding carboxylic acids is 1. The summed E-state index contributed by atoms with van der Waals surface area (Å²) >= 11 is 0. The quantitative estimate of drug-likeness (QED) is 0.359. The first-order valence-electron chi connectivity index (χ1n) is 8.50. The molecule has 29 heavy (non-hydrogen) atoms. The number of halogens is 3. The highest BCUT2D eigenvalue weighted by molar-refractivity contribution is 6.11. The number of hydrogen-bond acceptors (Lipinski definition) is 3. The Hall–Kier alpha value is -3.88. The van der Waals surface area contributed by atoms with Gasteiger partial charge in [-0.1, -0.05) is 24.3 Å². The number of H-pyrrole nitrogens is 1. The molecule has 0 spiro atoms. The van der Waals surface area contributed by atoms with Gasteiger partial charge in [0.2, 0.25) is 12.4 Å². The van der Waals surface area contributed by atoms with E-state index in [0.29, 0.717) is 11.2 Å². The number of benzene rings is 2. The van der Waals surface area contributed by atoms with Gasteiger partial charge in [0, 0.05) is 22.4 Å². The molecule has 0 aliphatic rings. The van der Waals surface area contributed by atoms with E-state index >= 15 is 0 Å². The summed E-state index contributed by atoms with van der Waals surface area (Å²) in [4.78, 5) is 19.8. The predicted molar refractivity (Wildman–Crippen MR) is 98.3 cm³/mol. The highest BCUT2D eigenvalue weighted by Gasteiger charge is 2.34. The lowest BCUT2D eigenvalue weighted by Crippen LogP contribution is -2.28. The number of aromatic amines is 1. The Morgan fingerprint density at radius 2 is 1.76 bits per heavy atom. The molecule has 0 saturated heterocycles. The fourth-order valence-electron chi connectivity index (χ4n) is 2.98. The zero-order chi connectivity index (χ0) is 20.6. The van der Waals surface area contributed by atoms with Gasteiger partial charge in [0.1, 0.15) is 11.3 Å². The first-order chi connectivity index (χ1) is 13.8. The SMILES string of the molecule is O=C(Nc1cc[n+](O)cc1)c1cccc2[nH]c(-c3ccccc3C(F)(F)F)nc12. The van der Waals surface area contributed by atoms with Crippen molar-refractivity contribution >= 4 is 22.6 Å². The zero-order valence-corrected chi connectivity index (χ0v) is 14.7. The van der Waals surface area contributed by atoms with E-state index in [4.69, 9.17) is 0 Å². The molecule has 0 aliphatic carbocycles. The molecule has 2 aromatic heterocycles. The zero-order valence-electron chi connectivity index (χ0n) is 14.7. The number of amides is 1. The molecule has 6 nitrogen and oxygen atoms in total. The number of para-hydroxylation sites is 1. The molecule has 2 heterocycles. The highest BCUT2D eigenvalue weighted by Crippen LogP contribution is 2.36. The van der Waals surface area contributed by atoms with Crippen LogP contribution < -0.4 is 10.0 Å². The van der Waals surface area contributed by atoms with Gasteiger partial charge >= 0.3 is 6.18 Å². The molecule has 2 aromatic carbocycles. The van der Waals surface area contributed by atoms with Crippen molar-refractivity contribution in [2.24, 2.45) is 0 Å². The van der Waals surface area contributed by atoms with Crippen LogP contribution in [0.5, 0.6) is 0 Å². The Labute approximate surface area is 162 Å². The molecular weight excluding hydrogens is 385 g/mol. The Bertz CT molecular complexity index is 1200. The van der Waals surface area contributed by atoms with E-state index in [1.807, 2.05) is 0 Å². The van der Waals surface area contributed by atoms with E-state index in [9.17, 15) is 23.2 Å². The van der Waals surface area contributed by atoms with Crippen molar-refractivity contribution in [1.82, 2.24) is 9.97 Å². The van der Waals surface area contributed by atoms with Gasteiger partial charge in [0.25, 0.3) is 5.91 Å². The maximum atomic E-state index is 13.3. The Balaban J connectivity index is 1.75. The largest absolute Gasteiger partial charge is 0.417 e. The van der Waals surface area contributed by atoms with Crippen LogP contribution in [0.4, 0.5) is 18.9 Å². The molecule has 9 heteroatoms. The van der Waals surface area contributed by atoms with Gasteiger partial charge in [-0.05, 0) is 18.2 Å². The van der Waals surface area contributed by atoms with E-state index in [2.05, 4.69) is 15.3 Å². The number of imidazole rings is 1. The predicted octanol–water partition coefficient (Wildman–Crippen LogP) is 4.03. The topological polar surface area (TPSA) is 81.9 Å². The second kappa shape index (κ2) is 6.93. The van der Waals surface area contributed by atoms with Crippen LogP contribution in [-0.4, -0.2) is 21.1 Å². The van der Waals surface area contributed by atoms with Gasteiger partial charge in [-0.2, -0.15) is 13.2 Å². The number of hydrogen-bond donors (Lipinski definition) is 3. The summed E-state index contributed by atoms with van der Waals surface area (Å²) in [6.45, 7) is 0. The maximum Gasteiger partial charge on any atom is 0.417 e. The van der Waals surface area contributed by atoms with Crippen LogP contribution in [0.3, 0.4) is 0 Å². The molecule has 146 valence electrons.